The number of alkyl halides is 3. The molecular weight excluding hydrogens is 369 g/mol. The fourth-order valence-corrected chi connectivity index (χ4v) is 3.02. The minimum atomic E-state index is -5.74. The van der Waals surface area contributed by atoms with Crippen molar-refractivity contribution in [3.8, 4) is 22.6 Å². The van der Waals surface area contributed by atoms with E-state index in [1.54, 1.807) is 24.3 Å². The largest absolute Gasteiger partial charge is 0.534 e. The smallest absolute Gasteiger partial charge is 0.496 e. The first kappa shape index (κ1) is 18.1. The topological polar surface area (TPSA) is 52.6 Å². The number of hydrogen-bond acceptors (Lipinski definition) is 4. The lowest BCUT2D eigenvalue weighted by Crippen LogP contribution is -2.28. The van der Waals surface area contributed by atoms with E-state index in [4.69, 9.17) is 4.74 Å². The van der Waals surface area contributed by atoms with Crippen LogP contribution in [0.15, 0.2) is 60.7 Å². The van der Waals surface area contributed by atoms with E-state index in [1.807, 2.05) is 18.2 Å². The highest BCUT2D eigenvalue weighted by molar-refractivity contribution is 7.88. The maximum Gasteiger partial charge on any atom is 0.534 e. The molecule has 136 valence electrons. The van der Waals surface area contributed by atoms with Gasteiger partial charge in [0, 0.05) is 10.9 Å². The summed E-state index contributed by atoms with van der Waals surface area (Å²) < 4.78 is 69.8. The van der Waals surface area contributed by atoms with Gasteiger partial charge in [0.2, 0.25) is 0 Å². The zero-order chi connectivity index (χ0) is 18.9. The van der Waals surface area contributed by atoms with Crippen LogP contribution in [0.4, 0.5) is 13.2 Å². The zero-order valence-electron chi connectivity index (χ0n) is 13.4. The SMILES string of the molecule is COc1ccccc1-c1ccc2c(OS(=O)(=O)C(F)(F)F)cccc2c1. The van der Waals surface area contributed by atoms with Gasteiger partial charge in [0.05, 0.1) is 7.11 Å². The summed E-state index contributed by atoms with van der Waals surface area (Å²) in [5, 5.41) is 0.780. The summed E-state index contributed by atoms with van der Waals surface area (Å²) >= 11 is 0. The zero-order valence-corrected chi connectivity index (χ0v) is 14.3. The quantitative estimate of drug-likeness (QED) is 0.483. The van der Waals surface area contributed by atoms with E-state index in [0.29, 0.717) is 11.1 Å². The molecule has 0 spiro atoms. The number of hydrogen-bond donors (Lipinski definition) is 0. The summed E-state index contributed by atoms with van der Waals surface area (Å²) in [7, 11) is -4.20. The van der Waals surface area contributed by atoms with Crippen molar-refractivity contribution >= 4 is 20.9 Å². The number of para-hydroxylation sites is 1. The fourth-order valence-electron chi connectivity index (χ4n) is 2.54. The summed E-state index contributed by atoms with van der Waals surface area (Å²) in [5.41, 5.74) is -3.93. The Labute approximate surface area is 147 Å². The Kier molecular flexibility index (Phi) is 4.53. The van der Waals surface area contributed by atoms with Crippen LogP contribution in [-0.4, -0.2) is 21.0 Å². The van der Waals surface area contributed by atoms with Gasteiger partial charge in [0.15, 0.2) is 5.75 Å². The second-order valence-electron chi connectivity index (χ2n) is 5.38. The molecule has 0 aliphatic heterocycles. The maximum absolute atomic E-state index is 12.6. The number of rotatable bonds is 4. The normalized spacial score (nSPS) is 12.2. The molecule has 0 saturated heterocycles. The number of ether oxygens (including phenoxy) is 1. The Morgan fingerprint density at radius 2 is 1.58 bits per heavy atom. The predicted octanol–water partition coefficient (Wildman–Crippen LogP) is 4.74. The number of methoxy groups -OCH3 is 1. The molecule has 0 saturated carbocycles. The van der Waals surface area contributed by atoms with Gasteiger partial charge in [-0.25, -0.2) is 0 Å². The van der Waals surface area contributed by atoms with Crippen LogP contribution in [0, 0.1) is 0 Å². The van der Waals surface area contributed by atoms with Crippen LogP contribution in [0.5, 0.6) is 11.5 Å². The number of halogens is 3. The Morgan fingerprint density at radius 1 is 0.885 bits per heavy atom. The van der Waals surface area contributed by atoms with E-state index in [9.17, 15) is 21.6 Å². The molecule has 0 bridgehead atoms. The molecule has 3 rings (SSSR count). The van der Waals surface area contributed by atoms with Gasteiger partial charge in [-0.05, 0) is 35.2 Å². The van der Waals surface area contributed by atoms with Crippen LogP contribution in [0.25, 0.3) is 21.9 Å². The number of benzene rings is 3. The van der Waals surface area contributed by atoms with Gasteiger partial charge in [-0.2, -0.15) is 21.6 Å². The molecule has 0 aliphatic rings. The van der Waals surface area contributed by atoms with Crippen LogP contribution >= 0.6 is 0 Å². The molecule has 0 atom stereocenters. The van der Waals surface area contributed by atoms with Crippen molar-refractivity contribution in [1.29, 1.82) is 0 Å². The van der Waals surface area contributed by atoms with E-state index in [1.165, 1.54) is 25.3 Å². The third kappa shape index (κ3) is 3.32. The molecule has 3 aromatic rings. The first-order valence-electron chi connectivity index (χ1n) is 7.40. The van der Waals surface area contributed by atoms with Gasteiger partial charge in [0.1, 0.15) is 5.75 Å². The molecule has 0 amide bonds. The summed E-state index contributed by atoms with van der Waals surface area (Å²) in [6.07, 6.45) is 0. The third-order valence-corrected chi connectivity index (χ3v) is 4.71. The molecule has 0 aliphatic carbocycles. The van der Waals surface area contributed by atoms with E-state index < -0.39 is 15.6 Å². The molecule has 26 heavy (non-hydrogen) atoms. The molecule has 0 unspecified atom stereocenters. The Bertz CT molecular complexity index is 1060. The first-order valence-corrected chi connectivity index (χ1v) is 8.81. The summed E-state index contributed by atoms with van der Waals surface area (Å²) in [6.45, 7) is 0. The van der Waals surface area contributed by atoms with Crippen LogP contribution < -0.4 is 8.92 Å². The predicted molar refractivity (Wildman–Crippen MR) is 91.5 cm³/mol. The van der Waals surface area contributed by atoms with Crippen LogP contribution in [0.3, 0.4) is 0 Å². The standard InChI is InChI=1S/C18H13F3O4S/c1-24-16-7-3-2-6-14(16)13-9-10-15-12(11-13)5-4-8-17(15)25-26(22,23)18(19,20)21/h2-11H,1H3. The van der Waals surface area contributed by atoms with Gasteiger partial charge in [-0.1, -0.05) is 36.4 Å². The van der Waals surface area contributed by atoms with Crippen molar-refractivity contribution < 1.29 is 30.5 Å². The van der Waals surface area contributed by atoms with Gasteiger partial charge < -0.3 is 8.92 Å². The fraction of sp³-hybridized carbons (Fsp3) is 0.111. The average molecular weight is 382 g/mol. The third-order valence-electron chi connectivity index (χ3n) is 3.74. The molecule has 0 heterocycles. The van der Waals surface area contributed by atoms with Gasteiger partial charge in [-0.15, -0.1) is 0 Å². The molecule has 0 N–H and O–H groups in total. The highest BCUT2D eigenvalue weighted by Crippen LogP contribution is 2.36. The van der Waals surface area contributed by atoms with Crippen molar-refractivity contribution in [3.05, 3.63) is 60.7 Å². The Morgan fingerprint density at radius 3 is 2.27 bits per heavy atom. The van der Waals surface area contributed by atoms with Crippen molar-refractivity contribution in [1.82, 2.24) is 0 Å². The van der Waals surface area contributed by atoms with Gasteiger partial charge >= 0.3 is 15.6 Å². The second kappa shape index (κ2) is 6.53. The molecule has 0 fully saturated rings. The second-order valence-corrected chi connectivity index (χ2v) is 6.91. The van der Waals surface area contributed by atoms with Gasteiger partial charge in [-0.3, -0.25) is 0 Å². The van der Waals surface area contributed by atoms with E-state index in [2.05, 4.69) is 4.18 Å². The molecule has 4 nitrogen and oxygen atoms in total. The van der Waals surface area contributed by atoms with Crippen LogP contribution in [-0.2, 0) is 10.1 Å². The van der Waals surface area contributed by atoms with Crippen molar-refractivity contribution in [2.45, 2.75) is 5.51 Å². The lowest BCUT2D eigenvalue weighted by Gasteiger charge is -2.13. The van der Waals surface area contributed by atoms with Crippen molar-refractivity contribution in [3.63, 3.8) is 0 Å². The molecule has 3 aromatic carbocycles. The van der Waals surface area contributed by atoms with E-state index in [0.717, 1.165) is 11.1 Å². The summed E-state index contributed by atoms with van der Waals surface area (Å²) in [6, 6.07) is 16.4. The average Bonchev–Trinajstić information content (AvgIpc) is 2.60. The monoisotopic (exact) mass is 382 g/mol. The summed E-state index contributed by atoms with van der Waals surface area (Å²) in [5.74, 6) is 0.255. The molecule has 8 heteroatoms. The molecule has 0 radical (unpaired) electrons. The van der Waals surface area contributed by atoms with E-state index >= 15 is 0 Å². The highest BCUT2D eigenvalue weighted by atomic mass is 32.2. The lowest BCUT2D eigenvalue weighted by atomic mass is 10.0. The summed E-state index contributed by atoms with van der Waals surface area (Å²) in [4.78, 5) is 0. The number of fused-ring (bicyclic) bond motifs is 1. The van der Waals surface area contributed by atoms with Crippen molar-refractivity contribution in [2.75, 3.05) is 7.11 Å². The molecular formula is C18H13F3O4S. The Hall–Kier alpha value is -2.74. The minimum absolute atomic E-state index is 0.249. The van der Waals surface area contributed by atoms with Gasteiger partial charge in [0.25, 0.3) is 0 Å². The maximum atomic E-state index is 12.6. The Balaban J connectivity index is 2.09. The van der Waals surface area contributed by atoms with Crippen molar-refractivity contribution in [2.24, 2.45) is 0 Å². The minimum Gasteiger partial charge on any atom is -0.496 e. The van der Waals surface area contributed by atoms with E-state index in [-0.39, 0.29) is 11.1 Å². The van der Waals surface area contributed by atoms with Crippen LogP contribution in [0.1, 0.15) is 0 Å². The lowest BCUT2D eigenvalue weighted by molar-refractivity contribution is -0.0499. The van der Waals surface area contributed by atoms with Crippen LogP contribution in [0.2, 0.25) is 0 Å². The first-order chi connectivity index (χ1) is 12.2. The molecule has 0 aromatic heterocycles. The highest BCUT2D eigenvalue weighted by Gasteiger charge is 2.48.